The minimum Gasteiger partial charge on any atom is -0.322 e. The molecule has 0 saturated carbocycles. The maximum Gasteiger partial charge on any atom is 0.270 e. The van der Waals surface area contributed by atoms with Gasteiger partial charge in [-0.2, -0.15) is 0 Å². The number of nitro groups is 1. The number of nitrogens with zero attached hydrogens (tertiary/aromatic N) is 2. The summed E-state index contributed by atoms with van der Waals surface area (Å²) < 4.78 is 1.09. The number of para-hydroxylation sites is 1. The lowest BCUT2D eigenvalue weighted by molar-refractivity contribution is -0.384. The maximum atomic E-state index is 12.5. The van der Waals surface area contributed by atoms with Gasteiger partial charge in [0.1, 0.15) is 5.01 Å². The standard InChI is InChI=1S/C20H12ClN3O3S/c21-16-11-14(24(26)27)8-9-15(16)19(25)22-13-5-3-4-12(10-13)20-23-17-6-1-2-7-18(17)28-20/h1-11H,(H,22,25). The smallest absolute Gasteiger partial charge is 0.270 e. The summed E-state index contributed by atoms with van der Waals surface area (Å²) in [4.78, 5) is 27.4. The Morgan fingerprint density at radius 3 is 2.64 bits per heavy atom. The molecule has 1 heterocycles. The normalized spacial score (nSPS) is 10.8. The number of thiazole rings is 1. The monoisotopic (exact) mass is 409 g/mol. The van der Waals surface area contributed by atoms with Crippen LogP contribution in [-0.4, -0.2) is 15.8 Å². The van der Waals surface area contributed by atoms with E-state index in [9.17, 15) is 14.9 Å². The van der Waals surface area contributed by atoms with Gasteiger partial charge in [0.2, 0.25) is 0 Å². The Bertz CT molecular complexity index is 1190. The molecule has 138 valence electrons. The van der Waals surface area contributed by atoms with Gasteiger partial charge in [0.25, 0.3) is 11.6 Å². The molecule has 0 aliphatic heterocycles. The summed E-state index contributed by atoms with van der Waals surface area (Å²) >= 11 is 7.61. The number of aromatic nitrogens is 1. The van der Waals surface area contributed by atoms with Gasteiger partial charge in [-0.15, -0.1) is 11.3 Å². The van der Waals surface area contributed by atoms with Crippen molar-refractivity contribution in [1.82, 2.24) is 4.98 Å². The summed E-state index contributed by atoms with van der Waals surface area (Å²) in [6.07, 6.45) is 0. The van der Waals surface area contributed by atoms with E-state index >= 15 is 0 Å². The SMILES string of the molecule is O=C(Nc1cccc(-c2nc3ccccc3s2)c1)c1ccc([N+](=O)[O-])cc1Cl. The van der Waals surface area contributed by atoms with E-state index in [0.29, 0.717) is 5.69 Å². The Labute approximate surface area is 168 Å². The minimum atomic E-state index is -0.560. The van der Waals surface area contributed by atoms with Crippen molar-refractivity contribution in [3.05, 3.63) is 87.4 Å². The molecule has 28 heavy (non-hydrogen) atoms. The fourth-order valence-corrected chi connectivity index (χ4v) is 3.95. The summed E-state index contributed by atoms with van der Waals surface area (Å²) in [5.41, 5.74) is 2.39. The second-order valence-corrected chi connectivity index (χ2v) is 7.38. The van der Waals surface area contributed by atoms with Gasteiger partial charge in [-0.05, 0) is 30.3 Å². The summed E-state index contributed by atoms with van der Waals surface area (Å²) in [6, 6.07) is 19.0. The number of carbonyl (C=O) groups excluding carboxylic acids is 1. The number of benzene rings is 3. The molecule has 4 rings (SSSR count). The first-order chi connectivity index (χ1) is 13.5. The van der Waals surface area contributed by atoms with Gasteiger partial charge in [-0.1, -0.05) is 35.9 Å². The van der Waals surface area contributed by atoms with E-state index in [1.165, 1.54) is 12.1 Å². The molecule has 1 aromatic heterocycles. The van der Waals surface area contributed by atoms with E-state index < -0.39 is 10.8 Å². The Morgan fingerprint density at radius 1 is 1.07 bits per heavy atom. The molecule has 0 aliphatic rings. The molecule has 0 atom stereocenters. The Morgan fingerprint density at radius 2 is 1.89 bits per heavy atom. The number of carbonyl (C=O) groups is 1. The molecule has 8 heteroatoms. The van der Waals surface area contributed by atoms with Crippen molar-refractivity contribution < 1.29 is 9.72 Å². The first-order valence-electron chi connectivity index (χ1n) is 8.22. The number of rotatable bonds is 4. The average molecular weight is 410 g/mol. The predicted molar refractivity (Wildman–Crippen MR) is 111 cm³/mol. The van der Waals surface area contributed by atoms with Crippen molar-refractivity contribution in [2.75, 3.05) is 5.32 Å². The third-order valence-electron chi connectivity index (χ3n) is 4.07. The van der Waals surface area contributed by atoms with Crippen molar-refractivity contribution in [1.29, 1.82) is 0 Å². The maximum absolute atomic E-state index is 12.5. The van der Waals surface area contributed by atoms with Crippen molar-refractivity contribution in [2.45, 2.75) is 0 Å². The zero-order valence-corrected chi connectivity index (χ0v) is 15.8. The van der Waals surface area contributed by atoms with Gasteiger partial charge in [-0.25, -0.2) is 4.98 Å². The molecule has 0 bridgehead atoms. The number of anilines is 1. The first kappa shape index (κ1) is 18.1. The van der Waals surface area contributed by atoms with Crippen LogP contribution in [-0.2, 0) is 0 Å². The summed E-state index contributed by atoms with van der Waals surface area (Å²) in [6.45, 7) is 0. The number of hydrogen-bond acceptors (Lipinski definition) is 5. The minimum absolute atomic E-state index is 0.0222. The molecular weight excluding hydrogens is 398 g/mol. The number of non-ortho nitro benzene ring substituents is 1. The lowest BCUT2D eigenvalue weighted by atomic mass is 10.1. The molecular formula is C20H12ClN3O3S. The van der Waals surface area contributed by atoms with Gasteiger partial charge in [-0.3, -0.25) is 14.9 Å². The highest BCUT2D eigenvalue weighted by molar-refractivity contribution is 7.21. The number of nitrogens with one attached hydrogen (secondary N) is 1. The molecule has 1 N–H and O–H groups in total. The van der Waals surface area contributed by atoms with Crippen LogP contribution in [0.1, 0.15) is 10.4 Å². The second-order valence-electron chi connectivity index (χ2n) is 5.94. The van der Waals surface area contributed by atoms with Gasteiger partial charge in [0, 0.05) is 23.4 Å². The molecule has 6 nitrogen and oxygen atoms in total. The van der Waals surface area contributed by atoms with Gasteiger partial charge in [0.05, 0.1) is 25.7 Å². The van der Waals surface area contributed by atoms with Crippen molar-refractivity contribution >= 4 is 50.4 Å². The number of fused-ring (bicyclic) bond motifs is 1. The van der Waals surface area contributed by atoms with Gasteiger partial charge < -0.3 is 5.32 Å². The van der Waals surface area contributed by atoms with Crippen LogP contribution >= 0.6 is 22.9 Å². The van der Waals surface area contributed by atoms with Crippen LogP contribution in [0, 0.1) is 10.1 Å². The van der Waals surface area contributed by atoms with Crippen LogP contribution in [0.15, 0.2) is 66.7 Å². The van der Waals surface area contributed by atoms with E-state index in [-0.39, 0.29) is 16.3 Å². The number of hydrogen-bond donors (Lipinski definition) is 1. The highest BCUT2D eigenvalue weighted by Crippen LogP contribution is 2.31. The van der Waals surface area contributed by atoms with Crippen molar-refractivity contribution in [3.8, 4) is 10.6 Å². The molecule has 0 fully saturated rings. The molecule has 3 aromatic carbocycles. The molecule has 0 radical (unpaired) electrons. The third-order valence-corrected chi connectivity index (χ3v) is 5.47. The molecule has 4 aromatic rings. The van der Waals surface area contributed by atoms with E-state index in [0.717, 1.165) is 26.9 Å². The molecule has 1 amide bonds. The van der Waals surface area contributed by atoms with Crippen LogP contribution in [0.5, 0.6) is 0 Å². The Balaban J connectivity index is 1.60. The highest BCUT2D eigenvalue weighted by atomic mass is 35.5. The van der Waals surface area contributed by atoms with Crippen LogP contribution < -0.4 is 5.32 Å². The second kappa shape index (κ2) is 7.38. The fourth-order valence-electron chi connectivity index (χ4n) is 2.73. The van der Waals surface area contributed by atoms with Crippen molar-refractivity contribution in [2.24, 2.45) is 0 Å². The van der Waals surface area contributed by atoms with E-state index in [1.807, 2.05) is 42.5 Å². The lowest BCUT2D eigenvalue weighted by Gasteiger charge is -2.08. The molecule has 0 unspecified atom stereocenters. The van der Waals surface area contributed by atoms with Gasteiger partial charge >= 0.3 is 0 Å². The van der Waals surface area contributed by atoms with E-state index in [4.69, 9.17) is 11.6 Å². The summed E-state index contributed by atoms with van der Waals surface area (Å²) in [5.74, 6) is -0.443. The largest absolute Gasteiger partial charge is 0.322 e. The average Bonchev–Trinajstić information content (AvgIpc) is 3.12. The Hall–Kier alpha value is -3.29. The van der Waals surface area contributed by atoms with Crippen LogP contribution in [0.4, 0.5) is 11.4 Å². The Kier molecular flexibility index (Phi) is 4.77. The lowest BCUT2D eigenvalue weighted by Crippen LogP contribution is -2.12. The molecule has 0 aliphatic carbocycles. The van der Waals surface area contributed by atoms with Crippen LogP contribution in [0.3, 0.4) is 0 Å². The molecule has 0 saturated heterocycles. The summed E-state index contributed by atoms with van der Waals surface area (Å²) in [5, 5.41) is 14.5. The zero-order valence-electron chi connectivity index (χ0n) is 14.3. The first-order valence-corrected chi connectivity index (χ1v) is 9.42. The van der Waals surface area contributed by atoms with Crippen LogP contribution in [0.25, 0.3) is 20.8 Å². The number of amides is 1. The van der Waals surface area contributed by atoms with Crippen molar-refractivity contribution in [3.63, 3.8) is 0 Å². The van der Waals surface area contributed by atoms with E-state index in [2.05, 4.69) is 10.3 Å². The summed E-state index contributed by atoms with van der Waals surface area (Å²) in [7, 11) is 0. The highest BCUT2D eigenvalue weighted by Gasteiger charge is 2.15. The van der Waals surface area contributed by atoms with Crippen LogP contribution in [0.2, 0.25) is 5.02 Å². The number of halogens is 1. The zero-order chi connectivity index (χ0) is 19.7. The van der Waals surface area contributed by atoms with Gasteiger partial charge in [0.15, 0.2) is 0 Å². The quantitative estimate of drug-likeness (QED) is 0.342. The topological polar surface area (TPSA) is 85.1 Å². The number of nitro benzene ring substituents is 1. The fraction of sp³-hybridized carbons (Fsp3) is 0. The van der Waals surface area contributed by atoms with E-state index in [1.54, 1.807) is 17.4 Å². The predicted octanol–water partition coefficient (Wildman–Crippen LogP) is 5.78. The third kappa shape index (κ3) is 3.58. The molecule has 0 spiro atoms.